The van der Waals surface area contributed by atoms with Crippen molar-refractivity contribution >= 4 is 54.9 Å². The van der Waals surface area contributed by atoms with Crippen molar-refractivity contribution < 1.29 is 75.3 Å². The molecule has 0 heterocycles. The van der Waals surface area contributed by atoms with Gasteiger partial charge in [-0.25, -0.2) is 9.18 Å². The summed E-state index contributed by atoms with van der Waals surface area (Å²) in [5.74, 6) is -6.17. The van der Waals surface area contributed by atoms with Crippen molar-refractivity contribution in [2.75, 3.05) is 19.3 Å². The van der Waals surface area contributed by atoms with Gasteiger partial charge in [0, 0.05) is 50.6 Å². The first-order chi connectivity index (χ1) is 44.2. The van der Waals surface area contributed by atoms with Gasteiger partial charge in [0.1, 0.15) is 44.1 Å². The quantitative estimate of drug-likeness (QED) is 0.0119. The number of nitrogens with one attached hydrogen (secondary N) is 2. The van der Waals surface area contributed by atoms with E-state index in [9.17, 15) is 47.3 Å². The molecule has 0 aliphatic heterocycles. The Labute approximate surface area is 533 Å². The average Bonchev–Trinajstić information content (AvgIpc) is 3.77. The van der Waals surface area contributed by atoms with Crippen molar-refractivity contribution in [3.05, 3.63) is 215 Å². The molecule has 6 rings (SSSR count). The highest BCUT2D eigenvalue weighted by atomic mass is 31.2. The van der Waals surface area contributed by atoms with E-state index in [4.69, 9.17) is 28.0 Å². The lowest BCUT2D eigenvalue weighted by molar-refractivity contribution is -0.152. The molecular weight excluding hydrogens is 1180 g/mol. The summed E-state index contributed by atoms with van der Waals surface area (Å²) in [5, 5.41) is 5.67. The molecule has 0 spiro atoms. The number of unbranched alkanes of at least 4 members (excludes halogenated alkanes) is 5. The van der Waals surface area contributed by atoms with E-state index in [1.54, 1.807) is 97.1 Å². The van der Waals surface area contributed by atoms with Crippen molar-refractivity contribution in [2.45, 2.75) is 148 Å². The second-order valence-electron chi connectivity index (χ2n) is 22.3. The number of halogens is 1. The molecule has 0 fully saturated rings. The molecule has 4 atom stereocenters. The minimum absolute atomic E-state index is 0.0195. The van der Waals surface area contributed by atoms with Crippen LogP contribution in [0.2, 0.25) is 0 Å². The molecule has 484 valence electrons. The van der Waals surface area contributed by atoms with Crippen LogP contribution in [0.5, 0.6) is 0 Å². The number of esters is 4. The van der Waals surface area contributed by atoms with Gasteiger partial charge in [-0.1, -0.05) is 171 Å². The predicted molar refractivity (Wildman–Crippen MR) is 341 cm³/mol. The van der Waals surface area contributed by atoms with E-state index in [0.717, 1.165) is 24.0 Å². The third kappa shape index (κ3) is 29.4. The van der Waals surface area contributed by atoms with E-state index < -0.39 is 67.2 Å². The Morgan fingerprint density at radius 1 is 0.418 bits per heavy atom. The third-order valence-electron chi connectivity index (χ3n) is 14.9. The lowest BCUT2D eigenvalue weighted by Crippen LogP contribution is -2.42. The summed E-state index contributed by atoms with van der Waals surface area (Å²) in [4.78, 5) is 107. The van der Waals surface area contributed by atoms with Gasteiger partial charge in [0.25, 0.3) is 0 Å². The number of hydrogen-bond acceptors (Lipinski definition) is 15. The van der Waals surface area contributed by atoms with Gasteiger partial charge in [-0.2, -0.15) is 0 Å². The van der Waals surface area contributed by atoms with Gasteiger partial charge >= 0.3 is 31.5 Å². The fourth-order valence-corrected chi connectivity index (χ4v) is 11.6. The Morgan fingerprint density at radius 2 is 0.879 bits per heavy atom. The molecule has 0 radical (unpaired) electrons. The van der Waals surface area contributed by atoms with E-state index in [0.29, 0.717) is 73.7 Å². The number of benzene rings is 6. The number of carbonyl (C=O) groups is 8. The summed E-state index contributed by atoms with van der Waals surface area (Å²) < 4.78 is 62.9. The third-order valence-corrected chi connectivity index (χ3v) is 16.9. The van der Waals surface area contributed by atoms with E-state index in [1.807, 2.05) is 54.6 Å². The molecule has 0 saturated carbocycles. The number of Topliss-reactive ketones (excluding diaryl/α,β-unsaturated/α-hetero) is 2. The molecule has 19 heteroatoms. The Hall–Kier alpha value is -8.44. The number of ketones is 2. The highest BCUT2D eigenvalue weighted by molar-refractivity contribution is 7.53. The van der Waals surface area contributed by atoms with Crippen LogP contribution in [0.1, 0.15) is 147 Å². The molecule has 0 saturated heterocycles. The van der Waals surface area contributed by atoms with Crippen molar-refractivity contribution in [3.63, 3.8) is 0 Å². The lowest BCUT2D eigenvalue weighted by atomic mass is 9.94. The zero-order valence-corrected chi connectivity index (χ0v) is 52.5. The first kappa shape index (κ1) is 71.6. The van der Waals surface area contributed by atoms with Crippen LogP contribution in [0.3, 0.4) is 0 Å². The average molecular weight is 1270 g/mol. The number of ether oxygens (including phenoxy) is 4. The molecule has 2 amide bonds. The zero-order chi connectivity index (χ0) is 64.7. The Bertz CT molecular complexity index is 3210. The van der Waals surface area contributed by atoms with Crippen LogP contribution in [0, 0.1) is 17.7 Å². The van der Waals surface area contributed by atoms with Crippen molar-refractivity contribution in [3.8, 4) is 0 Å². The molecule has 6 aromatic carbocycles. The predicted octanol–water partition coefficient (Wildman–Crippen LogP) is 13.4. The lowest BCUT2D eigenvalue weighted by Gasteiger charge is -2.24. The maximum atomic E-state index is 15.0. The van der Waals surface area contributed by atoms with Gasteiger partial charge in [0.2, 0.25) is 11.8 Å². The number of rotatable bonds is 44. The zero-order valence-electron chi connectivity index (χ0n) is 51.6. The molecule has 6 aromatic rings. The molecule has 0 aliphatic carbocycles. The molecule has 0 aromatic heterocycles. The largest absolute Gasteiger partial charge is 0.461 e. The minimum Gasteiger partial charge on any atom is -0.461 e. The first-order valence-corrected chi connectivity index (χ1v) is 33.0. The van der Waals surface area contributed by atoms with E-state index in [-0.39, 0.29) is 108 Å². The SMILES string of the molecule is O=C(CCCCCNC(=O)CCCCCCC(=O)c1ccc(F)cc1)C[C@@H](CCC(=O)N[C@@H](CCCOP(=O)(C[C@@H](CCC(=O)OCc1ccccc1)C(=O)OCc1ccccc1)OCc1ccccc1)C(=O)OCc1ccccc1)C(=O)OCc1ccccc1. The second kappa shape index (κ2) is 41.0. The summed E-state index contributed by atoms with van der Waals surface area (Å²) in [5.41, 5.74) is 4.07. The highest BCUT2D eigenvalue weighted by Gasteiger charge is 2.35. The Kier molecular flexibility index (Phi) is 32.3. The molecule has 1 unspecified atom stereocenters. The summed E-state index contributed by atoms with van der Waals surface area (Å²) in [6.07, 6.45) is 4.26. The summed E-state index contributed by atoms with van der Waals surface area (Å²) in [6, 6.07) is 49.3. The topological polar surface area (TPSA) is 233 Å². The smallest absolute Gasteiger partial charge is 0.331 e. The fourth-order valence-electron chi connectivity index (χ4n) is 9.71. The maximum Gasteiger partial charge on any atom is 0.331 e. The maximum absolute atomic E-state index is 15.0. The monoisotopic (exact) mass is 1270 g/mol. The molecule has 17 nitrogen and oxygen atoms in total. The molecule has 0 aliphatic rings. The summed E-state index contributed by atoms with van der Waals surface area (Å²) in [6.45, 7) is -0.198. The second-order valence-corrected chi connectivity index (χ2v) is 24.4. The number of amides is 2. The normalized spacial score (nSPS) is 12.7. The molecule has 2 N–H and O–H groups in total. The van der Waals surface area contributed by atoms with Gasteiger partial charge in [-0.15, -0.1) is 0 Å². The van der Waals surface area contributed by atoms with Gasteiger partial charge < -0.3 is 38.6 Å². The molecule has 91 heavy (non-hydrogen) atoms. The number of carbonyl (C=O) groups excluding carboxylic acids is 8. The van der Waals surface area contributed by atoms with Gasteiger partial charge in [-0.05, 0) is 103 Å². The van der Waals surface area contributed by atoms with Crippen LogP contribution < -0.4 is 10.6 Å². The molecular formula is C72H84FN2O15P. The van der Waals surface area contributed by atoms with Crippen molar-refractivity contribution in [2.24, 2.45) is 11.8 Å². The first-order valence-electron chi connectivity index (χ1n) is 31.3. The van der Waals surface area contributed by atoms with Crippen LogP contribution in [0.4, 0.5) is 4.39 Å². The van der Waals surface area contributed by atoms with Gasteiger partial charge in [0.15, 0.2) is 5.78 Å². The van der Waals surface area contributed by atoms with Crippen LogP contribution in [-0.2, 0) is 99.2 Å². The van der Waals surface area contributed by atoms with E-state index in [1.165, 1.54) is 24.3 Å². The van der Waals surface area contributed by atoms with E-state index in [2.05, 4.69) is 10.6 Å². The Balaban J connectivity index is 1.03. The standard InChI is InChI=1S/C72H84FN2O15P/c73-63-42-38-60(39-43-63)66(77)36-20-1-2-21-37-67(78)74-46-22-8-19-34-64(76)48-61(70(81)86-50-56-26-11-4-12-27-56)40-44-68(79)75-65(72(83)88-52-58-30-15-6-16-31-58)35-23-47-89-91(84,90-53-59-32-17-7-18-33-59)54-62(71(82)87-51-57-28-13-5-14-29-57)41-45-69(80)85-49-55-24-9-3-10-25-55/h3-7,9-18,24-33,38-39,42-43,61-62,65H,1-2,8,19-23,34-37,40-41,44-54H2,(H,74,78)(H,75,79)/t61-,62-,65+,91?/m1/s1. The number of hydrogen-bond donors (Lipinski definition) is 2. The van der Waals surface area contributed by atoms with E-state index >= 15 is 0 Å². The van der Waals surface area contributed by atoms with Gasteiger partial charge in [-0.3, -0.25) is 38.1 Å². The van der Waals surface area contributed by atoms with Crippen LogP contribution in [-0.4, -0.2) is 72.6 Å². The highest BCUT2D eigenvalue weighted by Crippen LogP contribution is 2.51. The Morgan fingerprint density at radius 3 is 1.43 bits per heavy atom. The summed E-state index contributed by atoms with van der Waals surface area (Å²) >= 11 is 0. The fraction of sp³-hybridized carbons (Fsp3) is 0.389. The van der Waals surface area contributed by atoms with Crippen molar-refractivity contribution in [1.29, 1.82) is 0 Å². The van der Waals surface area contributed by atoms with Crippen molar-refractivity contribution in [1.82, 2.24) is 10.6 Å². The van der Waals surface area contributed by atoms with Crippen LogP contribution in [0.15, 0.2) is 176 Å². The molecule has 0 bridgehead atoms. The van der Waals surface area contributed by atoms with Crippen LogP contribution >= 0.6 is 7.60 Å². The summed E-state index contributed by atoms with van der Waals surface area (Å²) in [7, 11) is -4.23. The van der Waals surface area contributed by atoms with Gasteiger partial charge in [0.05, 0.1) is 31.2 Å². The minimum atomic E-state index is -4.23. The van der Waals surface area contributed by atoms with Crippen LogP contribution in [0.25, 0.3) is 0 Å².